The van der Waals surface area contributed by atoms with E-state index in [1.807, 2.05) is 12.1 Å². The lowest BCUT2D eigenvalue weighted by Crippen LogP contribution is -2.47. The number of ether oxygens (including phenoxy) is 1. The van der Waals surface area contributed by atoms with Crippen molar-refractivity contribution in [1.29, 1.82) is 0 Å². The van der Waals surface area contributed by atoms with Gasteiger partial charge in [0.25, 0.3) is 0 Å². The zero-order valence-electron chi connectivity index (χ0n) is 16.9. The van der Waals surface area contributed by atoms with Crippen LogP contribution in [0.1, 0.15) is 44.9 Å². The van der Waals surface area contributed by atoms with Crippen molar-refractivity contribution in [3.8, 4) is 0 Å². The van der Waals surface area contributed by atoms with Crippen molar-refractivity contribution < 1.29 is 9.53 Å². The number of carbonyl (C=O) groups excluding carboxylic acids is 1. The van der Waals surface area contributed by atoms with Gasteiger partial charge in [0, 0.05) is 44.8 Å². The average Bonchev–Trinajstić information content (AvgIpc) is 3.25. The largest absolute Gasteiger partial charge is 0.462 e. The zero-order chi connectivity index (χ0) is 19.8. The van der Waals surface area contributed by atoms with Gasteiger partial charge >= 0.3 is 11.7 Å². The van der Waals surface area contributed by atoms with Gasteiger partial charge in [0.05, 0.1) is 16.4 Å². The minimum atomic E-state index is -0.162. The van der Waals surface area contributed by atoms with E-state index in [4.69, 9.17) is 4.74 Å². The molecule has 7 heteroatoms. The first-order chi connectivity index (χ1) is 14.1. The second kappa shape index (κ2) is 7.52. The molecule has 5 rings (SSSR count). The van der Waals surface area contributed by atoms with Crippen molar-refractivity contribution in [1.82, 2.24) is 14.9 Å². The second-order valence-electron chi connectivity index (χ2n) is 9.00. The topological polar surface area (TPSA) is 81.4 Å². The SMILES string of the molecule is O=C1O[C@H](CCN2CCN(c3ccc4[nH]c(=O)[nH]c4c3)CC2)CC12CCCCC2. The Labute approximate surface area is 170 Å². The molecule has 1 aromatic carbocycles. The molecule has 0 radical (unpaired) electrons. The Morgan fingerprint density at radius 3 is 2.55 bits per heavy atom. The molecule has 1 spiro atoms. The highest BCUT2D eigenvalue weighted by atomic mass is 16.6. The van der Waals surface area contributed by atoms with Crippen molar-refractivity contribution in [3.05, 3.63) is 28.7 Å². The molecule has 29 heavy (non-hydrogen) atoms. The summed E-state index contributed by atoms with van der Waals surface area (Å²) in [5, 5.41) is 0. The summed E-state index contributed by atoms with van der Waals surface area (Å²) < 4.78 is 5.77. The van der Waals surface area contributed by atoms with E-state index in [-0.39, 0.29) is 23.2 Å². The number of cyclic esters (lactones) is 1. The number of nitrogens with zero attached hydrogens (tertiary/aromatic N) is 2. The van der Waals surface area contributed by atoms with Crippen LogP contribution in [-0.4, -0.2) is 59.7 Å². The number of nitrogens with one attached hydrogen (secondary N) is 2. The molecule has 3 aliphatic rings. The summed E-state index contributed by atoms with van der Waals surface area (Å²) in [5.41, 5.74) is 2.54. The third-order valence-electron chi connectivity index (χ3n) is 7.14. The van der Waals surface area contributed by atoms with Crippen LogP contribution in [0.5, 0.6) is 0 Å². The van der Waals surface area contributed by atoms with Crippen molar-refractivity contribution in [2.45, 2.75) is 51.0 Å². The fourth-order valence-corrected chi connectivity index (χ4v) is 5.41. The van der Waals surface area contributed by atoms with E-state index in [0.29, 0.717) is 0 Å². The van der Waals surface area contributed by atoms with Crippen LogP contribution in [0.3, 0.4) is 0 Å². The number of fused-ring (bicyclic) bond motifs is 1. The van der Waals surface area contributed by atoms with E-state index < -0.39 is 0 Å². The van der Waals surface area contributed by atoms with Gasteiger partial charge < -0.3 is 19.6 Å². The Hall–Kier alpha value is -2.28. The van der Waals surface area contributed by atoms with Gasteiger partial charge in [0.1, 0.15) is 6.10 Å². The second-order valence-corrected chi connectivity index (χ2v) is 9.00. The van der Waals surface area contributed by atoms with Crippen LogP contribution in [0.15, 0.2) is 23.0 Å². The highest BCUT2D eigenvalue weighted by Crippen LogP contribution is 2.46. The number of hydrogen-bond donors (Lipinski definition) is 2. The van der Waals surface area contributed by atoms with Crippen molar-refractivity contribution in [2.24, 2.45) is 5.41 Å². The molecule has 2 saturated heterocycles. The van der Waals surface area contributed by atoms with Crippen LogP contribution in [0.4, 0.5) is 5.69 Å². The molecule has 1 aliphatic carbocycles. The third kappa shape index (κ3) is 3.68. The van der Waals surface area contributed by atoms with Crippen LogP contribution in [0.2, 0.25) is 0 Å². The van der Waals surface area contributed by atoms with E-state index in [9.17, 15) is 9.59 Å². The molecule has 2 aliphatic heterocycles. The van der Waals surface area contributed by atoms with Gasteiger partial charge in [0.2, 0.25) is 0 Å². The maximum absolute atomic E-state index is 12.4. The maximum atomic E-state index is 12.4. The highest BCUT2D eigenvalue weighted by Gasteiger charge is 2.48. The van der Waals surface area contributed by atoms with Crippen molar-refractivity contribution >= 4 is 22.7 Å². The quantitative estimate of drug-likeness (QED) is 0.774. The van der Waals surface area contributed by atoms with Gasteiger partial charge in [-0.25, -0.2) is 4.79 Å². The highest BCUT2D eigenvalue weighted by molar-refractivity contribution is 5.79. The normalized spacial score (nSPS) is 25.0. The third-order valence-corrected chi connectivity index (χ3v) is 7.14. The molecular formula is C22H30N4O3. The van der Waals surface area contributed by atoms with Crippen LogP contribution in [-0.2, 0) is 9.53 Å². The maximum Gasteiger partial charge on any atom is 0.323 e. The fraction of sp³-hybridized carbons (Fsp3) is 0.636. The van der Waals surface area contributed by atoms with Gasteiger partial charge in [-0.15, -0.1) is 0 Å². The molecule has 2 aromatic rings. The predicted octanol–water partition coefficient (Wildman–Crippen LogP) is 2.63. The Balaban J connectivity index is 1.12. The van der Waals surface area contributed by atoms with Gasteiger partial charge in [0.15, 0.2) is 0 Å². The minimum Gasteiger partial charge on any atom is -0.462 e. The number of aromatic nitrogens is 2. The Bertz CT molecular complexity index is 935. The number of benzene rings is 1. The number of esters is 1. The van der Waals surface area contributed by atoms with E-state index in [1.165, 1.54) is 19.3 Å². The Morgan fingerprint density at radius 1 is 1.00 bits per heavy atom. The van der Waals surface area contributed by atoms with E-state index >= 15 is 0 Å². The van der Waals surface area contributed by atoms with Gasteiger partial charge in [-0.05, 0) is 37.5 Å². The fourth-order valence-electron chi connectivity index (χ4n) is 5.41. The van der Waals surface area contributed by atoms with Crippen LogP contribution < -0.4 is 10.6 Å². The molecule has 1 aromatic heterocycles. The molecule has 156 valence electrons. The monoisotopic (exact) mass is 398 g/mol. The summed E-state index contributed by atoms with van der Waals surface area (Å²) in [6.07, 6.45) is 7.64. The van der Waals surface area contributed by atoms with Crippen LogP contribution >= 0.6 is 0 Å². The predicted molar refractivity (Wildman–Crippen MR) is 112 cm³/mol. The Morgan fingerprint density at radius 2 is 1.76 bits per heavy atom. The number of rotatable bonds is 4. The summed E-state index contributed by atoms with van der Waals surface area (Å²) >= 11 is 0. The van der Waals surface area contributed by atoms with E-state index in [0.717, 1.165) is 75.1 Å². The van der Waals surface area contributed by atoms with Crippen LogP contribution in [0.25, 0.3) is 11.0 Å². The lowest BCUT2D eigenvalue weighted by Gasteiger charge is -2.36. The molecule has 1 atom stereocenters. The molecule has 0 amide bonds. The summed E-state index contributed by atoms with van der Waals surface area (Å²) in [6.45, 7) is 4.94. The van der Waals surface area contributed by atoms with Gasteiger partial charge in [-0.3, -0.25) is 9.69 Å². The first-order valence-electron chi connectivity index (χ1n) is 11.0. The summed E-state index contributed by atoms with van der Waals surface area (Å²) in [5.74, 6) is 0.0743. The minimum absolute atomic E-state index is 0.0743. The average molecular weight is 399 g/mol. The summed E-state index contributed by atoms with van der Waals surface area (Å²) in [7, 11) is 0. The van der Waals surface area contributed by atoms with Gasteiger partial charge in [-0.2, -0.15) is 0 Å². The standard InChI is InChI=1S/C22H30N4O3/c27-20-22(7-2-1-3-8-22)15-17(29-20)6-9-25-10-12-26(13-11-25)16-4-5-18-19(14-16)24-21(28)23-18/h4-5,14,17H,1-3,6-13,15H2,(H2,23,24,28)/t17-/m1/s1. The lowest BCUT2D eigenvalue weighted by atomic mass is 9.72. The number of imidazole rings is 1. The lowest BCUT2D eigenvalue weighted by molar-refractivity contribution is -0.150. The first kappa shape index (κ1) is 18.7. The molecule has 7 nitrogen and oxygen atoms in total. The molecule has 1 saturated carbocycles. The van der Waals surface area contributed by atoms with E-state index in [1.54, 1.807) is 0 Å². The molecule has 2 N–H and O–H groups in total. The number of anilines is 1. The number of hydrogen-bond acceptors (Lipinski definition) is 5. The number of carbonyl (C=O) groups is 1. The molecule has 3 heterocycles. The summed E-state index contributed by atoms with van der Waals surface area (Å²) in [4.78, 5) is 34.4. The number of H-pyrrole nitrogens is 2. The molecular weight excluding hydrogens is 368 g/mol. The first-order valence-corrected chi connectivity index (χ1v) is 11.0. The van der Waals surface area contributed by atoms with Gasteiger partial charge in [-0.1, -0.05) is 19.3 Å². The molecule has 0 unspecified atom stereocenters. The molecule has 3 fully saturated rings. The summed E-state index contributed by atoms with van der Waals surface area (Å²) in [6, 6.07) is 6.08. The van der Waals surface area contributed by atoms with E-state index in [2.05, 4.69) is 25.8 Å². The van der Waals surface area contributed by atoms with Crippen molar-refractivity contribution in [3.63, 3.8) is 0 Å². The van der Waals surface area contributed by atoms with Crippen molar-refractivity contribution in [2.75, 3.05) is 37.6 Å². The number of aromatic amines is 2. The zero-order valence-corrected chi connectivity index (χ0v) is 16.9. The van der Waals surface area contributed by atoms with Crippen LogP contribution in [0, 0.1) is 5.41 Å². The molecule has 0 bridgehead atoms. The Kier molecular flexibility index (Phi) is 4.86. The number of piperazine rings is 1. The smallest absolute Gasteiger partial charge is 0.323 e.